The molecule has 32 heavy (non-hydrogen) atoms. The average molecular weight is 464 g/mol. The van der Waals surface area contributed by atoms with E-state index in [2.05, 4.69) is 5.32 Å². The fourth-order valence-corrected chi connectivity index (χ4v) is 5.52. The maximum absolute atomic E-state index is 13.6. The zero-order valence-corrected chi connectivity index (χ0v) is 20.1. The van der Waals surface area contributed by atoms with Gasteiger partial charge < -0.3 is 5.32 Å². The first-order valence-electron chi connectivity index (χ1n) is 10.4. The maximum atomic E-state index is 13.6. The van der Waals surface area contributed by atoms with Gasteiger partial charge in [0.15, 0.2) is 5.16 Å². The minimum atomic E-state index is -0.206. The van der Waals surface area contributed by atoms with Crippen LogP contribution in [0.25, 0.3) is 10.2 Å². The number of aryl methyl sites for hydroxylation is 3. The van der Waals surface area contributed by atoms with E-state index < -0.39 is 0 Å². The maximum Gasteiger partial charge on any atom is 0.263 e. The number of anilines is 1. The Morgan fingerprint density at radius 3 is 2.47 bits per heavy atom. The molecule has 2 aromatic carbocycles. The van der Waals surface area contributed by atoms with Crippen LogP contribution >= 0.6 is 23.1 Å². The number of benzene rings is 2. The highest BCUT2D eigenvalue weighted by molar-refractivity contribution is 7.99. The van der Waals surface area contributed by atoms with Crippen molar-refractivity contribution in [1.82, 2.24) is 9.55 Å². The van der Waals surface area contributed by atoms with Crippen LogP contribution in [-0.2, 0) is 4.79 Å². The molecule has 0 fully saturated rings. The lowest BCUT2D eigenvalue weighted by Gasteiger charge is -2.19. The van der Waals surface area contributed by atoms with E-state index in [9.17, 15) is 9.59 Å². The van der Waals surface area contributed by atoms with Gasteiger partial charge in [-0.15, -0.1) is 11.3 Å². The zero-order chi connectivity index (χ0) is 22.8. The number of fused-ring (bicyclic) bond motifs is 1. The number of hydrogen-bond acceptors (Lipinski definition) is 5. The molecule has 164 valence electrons. The molecule has 1 amide bonds. The predicted octanol–water partition coefficient (Wildman–Crippen LogP) is 5.72. The Hall–Kier alpha value is -2.90. The van der Waals surface area contributed by atoms with Gasteiger partial charge in [-0.05, 0) is 51.0 Å². The molecule has 0 radical (unpaired) electrons. The molecule has 1 atom stereocenters. The van der Waals surface area contributed by atoms with Crippen molar-refractivity contribution in [2.45, 2.75) is 38.9 Å². The first kappa shape index (κ1) is 22.3. The molecule has 1 unspecified atom stereocenters. The molecule has 0 saturated carbocycles. The van der Waals surface area contributed by atoms with E-state index in [1.54, 1.807) is 4.57 Å². The number of amides is 1. The lowest BCUT2D eigenvalue weighted by atomic mass is 10.1. The summed E-state index contributed by atoms with van der Waals surface area (Å²) in [6, 6.07) is 17.4. The molecular formula is C25H25N3O2S2. The highest BCUT2D eigenvalue weighted by atomic mass is 32.2. The number of rotatable bonds is 6. The third-order valence-electron chi connectivity index (χ3n) is 5.54. The molecule has 2 aromatic heterocycles. The van der Waals surface area contributed by atoms with E-state index in [0.717, 1.165) is 32.1 Å². The van der Waals surface area contributed by atoms with Gasteiger partial charge in [-0.25, -0.2) is 4.98 Å². The second-order valence-corrected chi connectivity index (χ2v) is 9.97. The van der Waals surface area contributed by atoms with Gasteiger partial charge in [0.25, 0.3) is 5.56 Å². The largest absolute Gasteiger partial charge is 0.325 e. The Balaban J connectivity index is 1.68. The van der Waals surface area contributed by atoms with Crippen LogP contribution in [0.3, 0.4) is 0 Å². The Bertz CT molecular complexity index is 1330. The molecule has 0 aliphatic heterocycles. The Morgan fingerprint density at radius 1 is 1.09 bits per heavy atom. The number of carbonyl (C=O) groups excluding carboxylic acids is 1. The molecule has 1 N–H and O–H groups in total. The van der Waals surface area contributed by atoms with Crippen molar-refractivity contribution < 1.29 is 4.79 Å². The van der Waals surface area contributed by atoms with Crippen molar-refractivity contribution in [2.24, 2.45) is 0 Å². The van der Waals surface area contributed by atoms with E-state index in [-0.39, 0.29) is 23.3 Å². The van der Waals surface area contributed by atoms with Gasteiger partial charge in [-0.2, -0.15) is 0 Å². The average Bonchev–Trinajstić information content (AvgIpc) is 3.07. The van der Waals surface area contributed by atoms with Crippen molar-refractivity contribution in [1.29, 1.82) is 0 Å². The summed E-state index contributed by atoms with van der Waals surface area (Å²) >= 11 is 2.81. The topological polar surface area (TPSA) is 64.0 Å². The number of aromatic nitrogens is 2. The fourth-order valence-electron chi connectivity index (χ4n) is 3.58. The summed E-state index contributed by atoms with van der Waals surface area (Å²) in [4.78, 5) is 32.8. The molecule has 0 aliphatic carbocycles. The van der Waals surface area contributed by atoms with Crippen LogP contribution in [0.4, 0.5) is 5.69 Å². The van der Waals surface area contributed by atoms with Crippen molar-refractivity contribution in [3.05, 3.63) is 86.5 Å². The van der Waals surface area contributed by atoms with Crippen LogP contribution in [0.5, 0.6) is 0 Å². The Morgan fingerprint density at radius 2 is 1.78 bits per heavy atom. The molecule has 0 spiro atoms. The molecule has 0 bridgehead atoms. The van der Waals surface area contributed by atoms with E-state index >= 15 is 0 Å². The highest BCUT2D eigenvalue weighted by Gasteiger charge is 2.21. The van der Waals surface area contributed by atoms with Crippen molar-refractivity contribution in [2.75, 3.05) is 11.1 Å². The van der Waals surface area contributed by atoms with Crippen LogP contribution in [0.2, 0.25) is 0 Å². The SMILES string of the molecule is Cc1ccc(NC(=O)CSc2nc3sc(C)c(C)c3c(=O)n2C(C)c2ccccc2)cc1. The van der Waals surface area contributed by atoms with E-state index in [1.807, 2.05) is 82.3 Å². The van der Waals surface area contributed by atoms with Gasteiger partial charge >= 0.3 is 0 Å². The summed E-state index contributed by atoms with van der Waals surface area (Å²) in [6.07, 6.45) is 0. The lowest BCUT2D eigenvalue weighted by molar-refractivity contribution is -0.113. The molecule has 0 saturated heterocycles. The minimum absolute atomic E-state index is 0.0605. The number of hydrogen-bond donors (Lipinski definition) is 1. The Labute approximate surface area is 195 Å². The number of nitrogens with one attached hydrogen (secondary N) is 1. The number of thioether (sulfide) groups is 1. The second kappa shape index (κ2) is 9.30. The van der Waals surface area contributed by atoms with Crippen LogP contribution in [0, 0.1) is 20.8 Å². The first-order chi connectivity index (χ1) is 15.3. The normalized spacial score (nSPS) is 12.1. The summed E-state index contributed by atoms with van der Waals surface area (Å²) in [5.74, 6) is 0.0297. The van der Waals surface area contributed by atoms with E-state index in [4.69, 9.17) is 4.98 Å². The summed E-state index contributed by atoms with van der Waals surface area (Å²) < 4.78 is 1.72. The summed E-state index contributed by atoms with van der Waals surface area (Å²) in [5, 5.41) is 4.14. The molecule has 4 rings (SSSR count). The minimum Gasteiger partial charge on any atom is -0.325 e. The zero-order valence-electron chi connectivity index (χ0n) is 18.5. The number of thiophene rings is 1. The third-order valence-corrected chi connectivity index (χ3v) is 7.59. The van der Waals surface area contributed by atoms with Gasteiger partial charge in [-0.1, -0.05) is 59.8 Å². The summed E-state index contributed by atoms with van der Waals surface area (Å²) in [5.41, 5.74) is 3.82. The quantitative estimate of drug-likeness (QED) is 0.293. The van der Waals surface area contributed by atoms with Crippen molar-refractivity contribution in [3.8, 4) is 0 Å². The van der Waals surface area contributed by atoms with Crippen LogP contribution in [0.1, 0.15) is 34.5 Å². The van der Waals surface area contributed by atoms with Gasteiger partial charge in [0.05, 0.1) is 17.2 Å². The second-order valence-electron chi connectivity index (χ2n) is 7.82. The van der Waals surface area contributed by atoms with Crippen LogP contribution in [0.15, 0.2) is 64.5 Å². The Kier molecular flexibility index (Phi) is 6.48. The molecule has 4 aromatic rings. The lowest BCUT2D eigenvalue weighted by Crippen LogP contribution is -2.27. The van der Waals surface area contributed by atoms with Crippen molar-refractivity contribution >= 4 is 44.9 Å². The van der Waals surface area contributed by atoms with Gasteiger partial charge in [0.1, 0.15) is 4.83 Å². The van der Waals surface area contributed by atoms with Crippen molar-refractivity contribution in [3.63, 3.8) is 0 Å². The summed E-state index contributed by atoms with van der Waals surface area (Å²) in [6.45, 7) is 7.98. The highest BCUT2D eigenvalue weighted by Crippen LogP contribution is 2.31. The standard InChI is InChI=1S/C25H25N3O2S2/c1-15-10-12-20(13-11-15)26-21(29)14-31-25-27-23-22(16(2)18(4)32-23)24(30)28(25)17(3)19-8-6-5-7-9-19/h5-13,17H,14H2,1-4H3,(H,26,29). The smallest absolute Gasteiger partial charge is 0.263 e. The fraction of sp³-hybridized carbons (Fsp3) is 0.240. The van der Waals surface area contributed by atoms with Crippen LogP contribution < -0.4 is 10.9 Å². The van der Waals surface area contributed by atoms with Crippen LogP contribution in [-0.4, -0.2) is 21.2 Å². The van der Waals surface area contributed by atoms with Gasteiger partial charge in [-0.3, -0.25) is 14.2 Å². The van der Waals surface area contributed by atoms with Gasteiger partial charge in [0.2, 0.25) is 5.91 Å². The molecule has 2 heterocycles. The number of nitrogens with zero attached hydrogens (tertiary/aromatic N) is 2. The van der Waals surface area contributed by atoms with E-state index in [1.165, 1.54) is 23.1 Å². The molecule has 5 nitrogen and oxygen atoms in total. The van der Waals surface area contributed by atoms with E-state index in [0.29, 0.717) is 10.5 Å². The summed E-state index contributed by atoms with van der Waals surface area (Å²) in [7, 11) is 0. The molecular weight excluding hydrogens is 438 g/mol. The predicted molar refractivity (Wildman–Crippen MR) is 134 cm³/mol. The number of carbonyl (C=O) groups is 1. The molecule has 7 heteroatoms. The molecule has 0 aliphatic rings. The monoisotopic (exact) mass is 463 g/mol. The first-order valence-corrected chi connectivity index (χ1v) is 12.2. The third kappa shape index (κ3) is 4.49. The van der Waals surface area contributed by atoms with Gasteiger partial charge in [0, 0.05) is 10.6 Å².